The van der Waals surface area contributed by atoms with Crippen LogP contribution in [0.5, 0.6) is 11.5 Å². The van der Waals surface area contributed by atoms with Crippen molar-refractivity contribution < 1.29 is 4.74 Å². The van der Waals surface area contributed by atoms with Gasteiger partial charge in [0.15, 0.2) is 0 Å². The van der Waals surface area contributed by atoms with Gasteiger partial charge in [0.2, 0.25) is 0 Å². The van der Waals surface area contributed by atoms with Crippen molar-refractivity contribution in [1.29, 1.82) is 0 Å². The van der Waals surface area contributed by atoms with Crippen molar-refractivity contribution in [2.45, 2.75) is 23.1 Å². The van der Waals surface area contributed by atoms with Crippen molar-refractivity contribution in [3.05, 3.63) is 48.0 Å². The van der Waals surface area contributed by atoms with Crippen LogP contribution in [0.4, 0.5) is 0 Å². The van der Waals surface area contributed by atoms with E-state index >= 15 is 0 Å². The highest BCUT2D eigenvalue weighted by Crippen LogP contribution is 2.46. The summed E-state index contributed by atoms with van der Waals surface area (Å²) >= 11 is 1.79. The van der Waals surface area contributed by atoms with Crippen LogP contribution < -0.4 is 4.74 Å². The highest BCUT2D eigenvalue weighted by molar-refractivity contribution is 7.99. The van der Waals surface area contributed by atoms with E-state index in [0.29, 0.717) is 0 Å². The summed E-state index contributed by atoms with van der Waals surface area (Å²) in [4.78, 5) is 2.42. The second kappa shape index (κ2) is 3.87. The van der Waals surface area contributed by atoms with Crippen molar-refractivity contribution in [3.8, 4) is 11.5 Å². The molecule has 0 aromatic heterocycles. The molecule has 0 bridgehead atoms. The van der Waals surface area contributed by atoms with Crippen molar-refractivity contribution >= 4 is 11.8 Å². The molecule has 0 unspecified atom stereocenters. The van der Waals surface area contributed by atoms with Gasteiger partial charge in [-0.2, -0.15) is 0 Å². The first kappa shape index (κ1) is 9.79. The molecule has 0 N–H and O–H groups in total. The molecular weight excluding hydrogens is 216 g/mol. The fourth-order valence-corrected chi connectivity index (χ4v) is 2.81. The molecular formula is C14H12OS. The lowest BCUT2D eigenvalue weighted by molar-refractivity contribution is 0.454. The lowest BCUT2D eigenvalue weighted by Crippen LogP contribution is -1.95. The second-order valence-electron chi connectivity index (χ2n) is 3.79. The summed E-state index contributed by atoms with van der Waals surface area (Å²) in [5, 5.41) is 0. The van der Waals surface area contributed by atoms with Crippen LogP contribution in [0.2, 0.25) is 0 Å². The predicted molar refractivity (Wildman–Crippen MR) is 66.5 cm³/mol. The molecule has 80 valence electrons. The van der Waals surface area contributed by atoms with Crippen LogP contribution in [0.3, 0.4) is 0 Å². The van der Waals surface area contributed by atoms with Crippen LogP contribution >= 0.6 is 11.8 Å². The van der Waals surface area contributed by atoms with Crippen LogP contribution in [0, 0.1) is 0 Å². The minimum absolute atomic E-state index is 0.962. The van der Waals surface area contributed by atoms with E-state index in [0.717, 1.165) is 17.9 Å². The Labute approximate surface area is 99.4 Å². The van der Waals surface area contributed by atoms with Crippen molar-refractivity contribution in [3.63, 3.8) is 0 Å². The molecule has 0 aliphatic carbocycles. The molecule has 2 heteroatoms. The molecule has 2 aromatic carbocycles. The third kappa shape index (κ3) is 1.59. The lowest BCUT2D eigenvalue weighted by Gasteiger charge is -2.19. The van der Waals surface area contributed by atoms with E-state index in [2.05, 4.69) is 31.2 Å². The van der Waals surface area contributed by atoms with E-state index in [1.54, 1.807) is 11.8 Å². The van der Waals surface area contributed by atoms with Gasteiger partial charge in [-0.05, 0) is 36.2 Å². The molecule has 0 spiro atoms. The first-order valence-corrected chi connectivity index (χ1v) is 6.26. The Bertz CT molecular complexity index is 534. The average molecular weight is 228 g/mol. The monoisotopic (exact) mass is 228 g/mol. The molecule has 1 aliphatic rings. The molecule has 2 aromatic rings. The Morgan fingerprint density at radius 2 is 1.81 bits per heavy atom. The molecule has 3 rings (SSSR count). The fourth-order valence-electron chi connectivity index (χ4n) is 1.79. The smallest absolute Gasteiger partial charge is 0.141 e. The summed E-state index contributed by atoms with van der Waals surface area (Å²) in [5.74, 6) is 1.94. The maximum absolute atomic E-state index is 5.86. The molecule has 0 amide bonds. The van der Waals surface area contributed by atoms with Crippen LogP contribution in [0.25, 0.3) is 0 Å². The van der Waals surface area contributed by atoms with E-state index in [-0.39, 0.29) is 0 Å². The maximum atomic E-state index is 5.86. The predicted octanol–water partition coefficient (Wildman–Crippen LogP) is 4.51. The van der Waals surface area contributed by atoms with Crippen molar-refractivity contribution in [2.24, 2.45) is 0 Å². The minimum atomic E-state index is 0.962. The van der Waals surface area contributed by atoms with Crippen LogP contribution in [0.1, 0.15) is 12.5 Å². The van der Waals surface area contributed by atoms with Crippen LogP contribution in [0.15, 0.2) is 52.3 Å². The second-order valence-corrected chi connectivity index (χ2v) is 4.87. The summed E-state index contributed by atoms with van der Waals surface area (Å²) in [6.45, 7) is 2.17. The summed E-state index contributed by atoms with van der Waals surface area (Å²) in [6, 6.07) is 14.6. The molecule has 1 aliphatic heterocycles. The zero-order chi connectivity index (χ0) is 11.0. The normalized spacial score (nSPS) is 12.6. The number of fused-ring (bicyclic) bond motifs is 2. The Balaban J connectivity index is 2.05. The van der Waals surface area contributed by atoms with E-state index in [9.17, 15) is 0 Å². The van der Waals surface area contributed by atoms with E-state index in [4.69, 9.17) is 4.74 Å². The van der Waals surface area contributed by atoms with E-state index in [1.165, 1.54) is 15.4 Å². The first-order valence-electron chi connectivity index (χ1n) is 5.44. The number of hydrogen-bond donors (Lipinski definition) is 0. The zero-order valence-corrected chi connectivity index (χ0v) is 9.88. The number of aryl methyl sites for hydroxylation is 1. The lowest BCUT2D eigenvalue weighted by atomic mass is 10.2. The summed E-state index contributed by atoms with van der Waals surface area (Å²) < 4.78 is 5.86. The van der Waals surface area contributed by atoms with Gasteiger partial charge in [0.25, 0.3) is 0 Å². The van der Waals surface area contributed by atoms with Crippen LogP contribution in [-0.2, 0) is 6.42 Å². The van der Waals surface area contributed by atoms with E-state index < -0.39 is 0 Å². The number of benzene rings is 2. The molecule has 0 saturated carbocycles. The number of hydrogen-bond acceptors (Lipinski definition) is 2. The average Bonchev–Trinajstić information content (AvgIpc) is 2.35. The number of ether oxygens (including phenoxy) is 1. The maximum Gasteiger partial charge on any atom is 0.141 e. The SMILES string of the molecule is CCc1ccc2c(c1)Sc1ccccc1O2. The highest BCUT2D eigenvalue weighted by atomic mass is 32.2. The van der Waals surface area contributed by atoms with Crippen LogP contribution in [-0.4, -0.2) is 0 Å². The standard InChI is InChI=1S/C14H12OS/c1-2-10-7-8-12-14(9-10)16-13-6-4-3-5-11(13)15-12/h3-9H,2H2,1H3. The summed E-state index contributed by atoms with van der Waals surface area (Å²) in [6.07, 6.45) is 1.06. The molecule has 0 fully saturated rings. The zero-order valence-electron chi connectivity index (χ0n) is 9.07. The quantitative estimate of drug-likeness (QED) is 0.606. The number of rotatable bonds is 1. The van der Waals surface area contributed by atoms with Crippen molar-refractivity contribution in [2.75, 3.05) is 0 Å². The molecule has 1 heterocycles. The Morgan fingerprint density at radius 3 is 2.69 bits per heavy atom. The van der Waals surface area contributed by atoms with Crippen molar-refractivity contribution in [1.82, 2.24) is 0 Å². The summed E-state index contributed by atoms with van der Waals surface area (Å²) in [5.41, 5.74) is 1.36. The van der Waals surface area contributed by atoms with E-state index in [1.807, 2.05) is 18.2 Å². The fraction of sp³-hybridized carbons (Fsp3) is 0.143. The highest BCUT2D eigenvalue weighted by Gasteiger charge is 2.16. The molecule has 0 radical (unpaired) electrons. The van der Waals surface area contributed by atoms with Gasteiger partial charge in [-0.25, -0.2) is 0 Å². The van der Waals surface area contributed by atoms with Gasteiger partial charge in [-0.1, -0.05) is 36.9 Å². The summed E-state index contributed by atoms with van der Waals surface area (Å²) in [7, 11) is 0. The minimum Gasteiger partial charge on any atom is -0.455 e. The third-order valence-corrected chi connectivity index (χ3v) is 3.80. The Kier molecular flexibility index (Phi) is 2.37. The van der Waals surface area contributed by atoms with Gasteiger partial charge in [0.1, 0.15) is 11.5 Å². The first-order chi connectivity index (χ1) is 7.86. The number of para-hydroxylation sites is 1. The Morgan fingerprint density at radius 1 is 1.00 bits per heavy atom. The van der Waals surface area contributed by atoms with Gasteiger partial charge in [-0.15, -0.1) is 0 Å². The van der Waals surface area contributed by atoms with Gasteiger partial charge in [-0.3, -0.25) is 0 Å². The van der Waals surface area contributed by atoms with Gasteiger partial charge in [0, 0.05) is 0 Å². The molecule has 1 nitrogen and oxygen atoms in total. The molecule has 0 saturated heterocycles. The van der Waals surface area contributed by atoms with Gasteiger partial charge in [0.05, 0.1) is 9.79 Å². The largest absolute Gasteiger partial charge is 0.455 e. The topological polar surface area (TPSA) is 9.23 Å². The molecule has 16 heavy (non-hydrogen) atoms. The van der Waals surface area contributed by atoms with Gasteiger partial charge >= 0.3 is 0 Å². The Hall–Kier alpha value is -1.41. The third-order valence-electron chi connectivity index (χ3n) is 2.71. The molecule has 0 atom stereocenters. The van der Waals surface area contributed by atoms with Gasteiger partial charge < -0.3 is 4.74 Å².